The van der Waals surface area contributed by atoms with E-state index in [9.17, 15) is 14.3 Å². The summed E-state index contributed by atoms with van der Waals surface area (Å²) in [6, 6.07) is 0. The Morgan fingerprint density at radius 3 is 2.67 bits per heavy atom. The zero-order valence-electron chi connectivity index (χ0n) is 9.23. The van der Waals surface area contributed by atoms with Crippen LogP contribution in [0.3, 0.4) is 0 Å². The lowest BCUT2D eigenvalue weighted by Gasteiger charge is -2.16. The first-order valence-corrected chi connectivity index (χ1v) is 6.50. The molecule has 0 aliphatic carbocycles. The van der Waals surface area contributed by atoms with Gasteiger partial charge < -0.3 is 14.9 Å². The summed E-state index contributed by atoms with van der Waals surface area (Å²) in [6.45, 7) is 3.62. The molecule has 0 fully saturated rings. The maximum absolute atomic E-state index is 11.4. The Morgan fingerprint density at radius 1 is 1.60 bits per heavy atom. The van der Waals surface area contributed by atoms with Crippen molar-refractivity contribution in [3.63, 3.8) is 0 Å². The Kier molecular flexibility index (Phi) is 6.76. The summed E-state index contributed by atoms with van der Waals surface area (Å²) in [5.41, 5.74) is 0. The Bertz CT molecular complexity index is 245. The third kappa shape index (κ3) is 6.62. The molecule has 2 unspecified atom stereocenters. The SMILES string of the molecule is CCOC(=O)C(C)OP(=O)(O)CCNC. The summed E-state index contributed by atoms with van der Waals surface area (Å²) >= 11 is 0. The highest BCUT2D eigenvalue weighted by Gasteiger charge is 2.26. The highest BCUT2D eigenvalue weighted by molar-refractivity contribution is 7.52. The first-order valence-electron chi connectivity index (χ1n) is 4.74. The molecule has 0 radical (unpaired) electrons. The molecule has 0 saturated carbocycles. The van der Waals surface area contributed by atoms with Crippen LogP contribution in [0.1, 0.15) is 13.8 Å². The number of esters is 1. The smallest absolute Gasteiger partial charge is 0.335 e. The van der Waals surface area contributed by atoms with E-state index in [-0.39, 0.29) is 12.8 Å². The van der Waals surface area contributed by atoms with Crippen LogP contribution in [0.2, 0.25) is 0 Å². The first-order chi connectivity index (χ1) is 6.93. The van der Waals surface area contributed by atoms with Gasteiger partial charge in [0.15, 0.2) is 6.10 Å². The van der Waals surface area contributed by atoms with Gasteiger partial charge in [0.05, 0.1) is 12.8 Å². The molecule has 7 heteroatoms. The largest absolute Gasteiger partial charge is 0.464 e. The fourth-order valence-corrected chi connectivity index (χ4v) is 2.05. The van der Waals surface area contributed by atoms with Crippen molar-refractivity contribution < 1.29 is 23.5 Å². The quantitative estimate of drug-likeness (QED) is 0.493. The van der Waals surface area contributed by atoms with E-state index < -0.39 is 19.7 Å². The Labute approximate surface area is 89.5 Å². The number of hydrogen-bond donors (Lipinski definition) is 2. The highest BCUT2D eigenvalue weighted by atomic mass is 31.2. The molecule has 2 N–H and O–H groups in total. The molecule has 0 aliphatic rings. The van der Waals surface area contributed by atoms with Gasteiger partial charge in [-0.1, -0.05) is 0 Å². The topological polar surface area (TPSA) is 84.9 Å². The molecule has 0 spiro atoms. The number of ether oxygens (including phenoxy) is 1. The zero-order chi connectivity index (χ0) is 11.9. The molecule has 0 aromatic carbocycles. The molecular weight excluding hydrogens is 221 g/mol. The lowest BCUT2D eigenvalue weighted by Crippen LogP contribution is -2.24. The summed E-state index contributed by atoms with van der Waals surface area (Å²) in [5, 5.41) is 2.72. The summed E-state index contributed by atoms with van der Waals surface area (Å²) in [4.78, 5) is 20.4. The molecule has 0 aromatic rings. The molecule has 0 aromatic heterocycles. The number of carbonyl (C=O) groups is 1. The van der Waals surface area contributed by atoms with Crippen LogP contribution in [0.4, 0.5) is 0 Å². The lowest BCUT2D eigenvalue weighted by atomic mass is 10.4. The van der Waals surface area contributed by atoms with Crippen molar-refractivity contribution in [1.82, 2.24) is 5.32 Å². The van der Waals surface area contributed by atoms with Crippen LogP contribution in [0.5, 0.6) is 0 Å². The molecule has 0 heterocycles. The van der Waals surface area contributed by atoms with E-state index in [2.05, 4.69) is 10.1 Å². The Balaban J connectivity index is 4.08. The number of nitrogens with one attached hydrogen (secondary N) is 1. The third-order valence-corrected chi connectivity index (χ3v) is 3.02. The molecule has 0 rings (SSSR count). The molecule has 90 valence electrons. The molecule has 0 bridgehead atoms. The van der Waals surface area contributed by atoms with Crippen molar-refractivity contribution in [2.45, 2.75) is 20.0 Å². The van der Waals surface area contributed by atoms with E-state index in [1.807, 2.05) is 0 Å². The van der Waals surface area contributed by atoms with Crippen LogP contribution >= 0.6 is 7.60 Å². The van der Waals surface area contributed by atoms with Crippen molar-refractivity contribution in [3.05, 3.63) is 0 Å². The second-order valence-corrected chi connectivity index (χ2v) is 4.90. The van der Waals surface area contributed by atoms with Gasteiger partial charge in [0.2, 0.25) is 0 Å². The normalized spacial score (nSPS) is 16.8. The van der Waals surface area contributed by atoms with Gasteiger partial charge in [-0.3, -0.25) is 9.09 Å². The highest BCUT2D eigenvalue weighted by Crippen LogP contribution is 2.42. The molecule has 6 nitrogen and oxygen atoms in total. The summed E-state index contributed by atoms with van der Waals surface area (Å²) in [7, 11) is -2.04. The molecule has 0 aliphatic heterocycles. The molecule has 0 amide bonds. The number of hydrogen-bond acceptors (Lipinski definition) is 5. The monoisotopic (exact) mass is 239 g/mol. The summed E-state index contributed by atoms with van der Waals surface area (Å²) < 4.78 is 20.8. The molecular formula is C8H18NO5P. The zero-order valence-corrected chi connectivity index (χ0v) is 10.1. The first kappa shape index (κ1) is 14.6. The molecule has 15 heavy (non-hydrogen) atoms. The second-order valence-electron chi connectivity index (χ2n) is 2.96. The minimum Gasteiger partial charge on any atom is -0.464 e. The van der Waals surface area contributed by atoms with Crippen LogP contribution in [-0.2, 0) is 18.6 Å². The van der Waals surface area contributed by atoms with Gasteiger partial charge in [-0.15, -0.1) is 0 Å². The van der Waals surface area contributed by atoms with Gasteiger partial charge in [-0.2, -0.15) is 0 Å². The van der Waals surface area contributed by atoms with Crippen LogP contribution < -0.4 is 5.32 Å². The Morgan fingerprint density at radius 2 is 2.20 bits per heavy atom. The standard InChI is InChI=1S/C8H18NO5P/c1-4-13-8(10)7(2)14-15(11,12)6-5-9-3/h7,9H,4-6H2,1-3H3,(H,11,12). The van der Waals surface area contributed by atoms with Gasteiger partial charge in [-0.05, 0) is 20.9 Å². The van der Waals surface area contributed by atoms with Gasteiger partial charge in [0.25, 0.3) is 0 Å². The van der Waals surface area contributed by atoms with E-state index >= 15 is 0 Å². The summed E-state index contributed by atoms with van der Waals surface area (Å²) in [6.07, 6.45) is -1.05. The van der Waals surface area contributed by atoms with Gasteiger partial charge in [-0.25, -0.2) is 4.79 Å². The average Bonchev–Trinajstić information content (AvgIpc) is 2.14. The Hall–Kier alpha value is -0.420. The van der Waals surface area contributed by atoms with E-state index in [1.165, 1.54) is 6.92 Å². The van der Waals surface area contributed by atoms with Gasteiger partial charge >= 0.3 is 13.6 Å². The minimum atomic E-state index is -3.71. The maximum atomic E-state index is 11.4. The summed E-state index contributed by atoms with van der Waals surface area (Å²) in [5.74, 6) is -0.628. The number of carbonyl (C=O) groups excluding carboxylic acids is 1. The van der Waals surface area contributed by atoms with Crippen LogP contribution in [0, 0.1) is 0 Å². The third-order valence-electron chi connectivity index (χ3n) is 1.59. The molecule has 2 atom stereocenters. The predicted octanol–water partition coefficient (Wildman–Crippen LogP) is 0.359. The van der Waals surface area contributed by atoms with Crippen LogP contribution in [0.25, 0.3) is 0 Å². The van der Waals surface area contributed by atoms with E-state index in [0.29, 0.717) is 6.54 Å². The lowest BCUT2D eigenvalue weighted by molar-refractivity contribution is -0.150. The van der Waals surface area contributed by atoms with Crippen LogP contribution in [-0.4, -0.2) is 43.3 Å². The second kappa shape index (κ2) is 6.95. The predicted molar refractivity (Wildman–Crippen MR) is 55.8 cm³/mol. The van der Waals surface area contributed by atoms with Gasteiger partial charge in [0, 0.05) is 6.54 Å². The van der Waals surface area contributed by atoms with E-state index in [1.54, 1.807) is 14.0 Å². The van der Waals surface area contributed by atoms with Crippen molar-refractivity contribution in [3.8, 4) is 0 Å². The van der Waals surface area contributed by atoms with Crippen molar-refractivity contribution in [2.24, 2.45) is 0 Å². The number of rotatable bonds is 7. The minimum absolute atomic E-state index is 0.0345. The average molecular weight is 239 g/mol. The van der Waals surface area contributed by atoms with Crippen molar-refractivity contribution >= 4 is 13.6 Å². The van der Waals surface area contributed by atoms with Crippen molar-refractivity contribution in [2.75, 3.05) is 26.4 Å². The maximum Gasteiger partial charge on any atom is 0.335 e. The van der Waals surface area contributed by atoms with Crippen LogP contribution in [0.15, 0.2) is 0 Å². The van der Waals surface area contributed by atoms with E-state index in [0.717, 1.165) is 0 Å². The van der Waals surface area contributed by atoms with Gasteiger partial charge in [0.1, 0.15) is 0 Å². The van der Waals surface area contributed by atoms with E-state index in [4.69, 9.17) is 4.52 Å². The molecule has 0 saturated heterocycles. The fraction of sp³-hybridized carbons (Fsp3) is 0.875. The van der Waals surface area contributed by atoms with Crippen molar-refractivity contribution in [1.29, 1.82) is 0 Å². The fourth-order valence-electron chi connectivity index (χ4n) is 0.856.